The van der Waals surface area contributed by atoms with Crippen LogP contribution in [0, 0.1) is 22.7 Å². The van der Waals surface area contributed by atoms with E-state index in [2.05, 4.69) is 139 Å². The second-order valence-electron chi connectivity index (χ2n) is 29.1. The molecule has 0 spiro atoms. The lowest BCUT2D eigenvalue weighted by molar-refractivity contribution is -0.288. The fourth-order valence-corrected chi connectivity index (χ4v) is 15.8. The van der Waals surface area contributed by atoms with E-state index in [9.17, 15) is 5.11 Å². The third-order valence-electron chi connectivity index (χ3n) is 21.4. The number of benzene rings is 2. The maximum absolute atomic E-state index is 15.8. The highest BCUT2D eigenvalue weighted by atomic mass is 19.4. The topological polar surface area (TPSA) is 81.3 Å². The second-order valence-corrected chi connectivity index (χ2v) is 29.1. The highest BCUT2D eigenvalue weighted by Gasteiger charge is 2.56. The zero-order valence-electron chi connectivity index (χ0n) is 53.6. The van der Waals surface area contributed by atoms with Gasteiger partial charge in [-0.25, -0.2) is 5.43 Å². The van der Waals surface area contributed by atoms with Crippen LogP contribution in [0.3, 0.4) is 0 Å². The van der Waals surface area contributed by atoms with Crippen molar-refractivity contribution in [2.45, 2.75) is 192 Å². The van der Waals surface area contributed by atoms with Crippen LogP contribution in [0.25, 0.3) is 33.3 Å². The predicted octanol–water partition coefficient (Wildman–Crippen LogP) is 13.9. The van der Waals surface area contributed by atoms with Gasteiger partial charge in [-0.05, 0) is 186 Å². The van der Waals surface area contributed by atoms with Gasteiger partial charge >= 0.3 is 6.18 Å². The van der Waals surface area contributed by atoms with Crippen molar-refractivity contribution in [2.24, 2.45) is 22.7 Å². The third-order valence-corrected chi connectivity index (χ3v) is 21.4. The van der Waals surface area contributed by atoms with Crippen LogP contribution in [-0.2, 0) is 18.6 Å². The summed E-state index contributed by atoms with van der Waals surface area (Å²) in [5, 5.41) is 19.2. The largest absolute Gasteiger partial charge is 0.436 e. The van der Waals surface area contributed by atoms with Gasteiger partial charge in [0.1, 0.15) is 0 Å². The average Bonchev–Trinajstić information content (AvgIpc) is 1.59. The van der Waals surface area contributed by atoms with E-state index in [0.29, 0.717) is 64.7 Å². The molecule has 86 heavy (non-hydrogen) atoms. The Morgan fingerprint density at radius 2 is 1.65 bits per heavy atom. The second kappa shape index (κ2) is 25.0. The van der Waals surface area contributed by atoms with Gasteiger partial charge in [-0.1, -0.05) is 104 Å². The molecule has 4 aromatic rings. The molecule has 7 atom stereocenters. The van der Waals surface area contributed by atoms with Gasteiger partial charge in [0.15, 0.2) is 0 Å². The summed E-state index contributed by atoms with van der Waals surface area (Å²) >= 11 is 0. The van der Waals surface area contributed by atoms with Crippen molar-refractivity contribution in [3.05, 3.63) is 121 Å². The number of anilines is 1. The minimum absolute atomic E-state index is 0.114. The molecule has 4 aliphatic heterocycles. The third kappa shape index (κ3) is 13.3. The van der Waals surface area contributed by atoms with E-state index < -0.39 is 11.9 Å². The Kier molecular flexibility index (Phi) is 18.2. The molecule has 0 bridgehead atoms. The van der Waals surface area contributed by atoms with Crippen molar-refractivity contribution in [2.75, 3.05) is 77.9 Å². The lowest BCUT2D eigenvalue weighted by Gasteiger charge is -2.40. The highest BCUT2D eigenvalue weighted by molar-refractivity contribution is 5.96. The van der Waals surface area contributed by atoms with Crippen molar-refractivity contribution in [3.63, 3.8) is 0 Å². The number of hydrazine groups is 1. The highest BCUT2D eigenvalue weighted by Crippen LogP contribution is 2.51. The molecular formula is C72H103F3N10O. The predicted molar refractivity (Wildman–Crippen MR) is 348 cm³/mol. The number of piperazine rings is 1. The number of aromatic nitrogens is 2. The van der Waals surface area contributed by atoms with Gasteiger partial charge in [-0.15, -0.1) is 6.58 Å². The molecule has 7 unspecified atom stereocenters. The number of pyridine rings is 1. The Labute approximate surface area is 513 Å². The first-order valence-electron chi connectivity index (χ1n) is 33.1. The van der Waals surface area contributed by atoms with Gasteiger partial charge in [0.2, 0.25) is 5.72 Å². The number of halogens is 3. The number of hydrogen-bond donors (Lipinski definition) is 3. The van der Waals surface area contributed by atoms with E-state index in [1.807, 2.05) is 18.3 Å². The summed E-state index contributed by atoms with van der Waals surface area (Å²) in [4.78, 5) is 17.8. The Balaban J connectivity index is 0.911. The first kappa shape index (κ1) is 62.5. The Morgan fingerprint density at radius 1 is 0.919 bits per heavy atom. The molecular weight excluding hydrogens is 1080 g/mol. The van der Waals surface area contributed by atoms with Gasteiger partial charge in [-0.2, -0.15) is 13.2 Å². The van der Waals surface area contributed by atoms with Crippen molar-refractivity contribution in [1.82, 2.24) is 44.9 Å². The van der Waals surface area contributed by atoms with Crippen molar-refractivity contribution >= 4 is 16.6 Å². The lowest BCUT2D eigenvalue weighted by atomic mass is 9.80. The number of rotatable bonds is 26. The van der Waals surface area contributed by atoms with Crippen LogP contribution in [-0.4, -0.2) is 149 Å². The van der Waals surface area contributed by atoms with E-state index in [0.717, 1.165) is 143 Å². The quantitative estimate of drug-likeness (QED) is 0.0418. The van der Waals surface area contributed by atoms with E-state index in [1.54, 1.807) is 6.07 Å². The van der Waals surface area contributed by atoms with Gasteiger partial charge in [-0.3, -0.25) is 19.7 Å². The Morgan fingerprint density at radius 3 is 2.31 bits per heavy atom. The molecule has 2 aromatic heterocycles. The number of allylic oxidation sites excluding steroid dienone is 1. The minimum Gasteiger partial charge on any atom is -0.379 e. The molecule has 468 valence electrons. The standard InChI is InChI=1S/C72H103F3N10O/c1-13-14-30-69(7,8)45-61-59-43-56(26-29-63(59)85(71(10,86)72(73,74)75)68(61)60-44-58(46-76-64(60)48(2)3)82-39-37-81(38-40-82)57-27-28-57)55-23-19-20-52(41-55)42-62(50(5)84-34-18-17-33-77-84)78-49(4)65(53-21-15-16-22-53)79(11)35-31-70(9)32-36-83(47-70)51(6)66-67(80(66)12)54-24-25-54/h13,19-20,23,26,29,41,43-44,46,48,53-54,57,62,65-67,77-78,86H,1,4-6,14-18,21-22,24-25,27-28,30-40,42,45,47H2,2-3,7-12H3. The van der Waals surface area contributed by atoms with Crippen LogP contribution in [0.1, 0.15) is 154 Å². The molecule has 7 aliphatic rings. The molecule has 6 heterocycles. The van der Waals surface area contributed by atoms with Crippen molar-refractivity contribution in [1.29, 1.82) is 0 Å². The molecule has 3 aliphatic carbocycles. The van der Waals surface area contributed by atoms with E-state index in [-0.39, 0.29) is 28.8 Å². The number of fused-ring (bicyclic) bond motifs is 1. The summed E-state index contributed by atoms with van der Waals surface area (Å²) in [5.41, 5.74) is 10.3. The number of nitrogens with one attached hydrogen (secondary N) is 2. The van der Waals surface area contributed by atoms with Crippen LogP contribution in [0.4, 0.5) is 18.9 Å². The van der Waals surface area contributed by atoms with Gasteiger partial charge in [0.25, 0.3) is 0 Å². The van der Waals surface area contributed by atoms with Gasteiger partial charge < -0.3 is 29.8 Å². The lowest BCUT2D eigenvalue weighted by Crippen LogP contribution is -2.51. The number of nitrogens with zero attached hydrogens (tertiary/aromatic N) is 8. The maximum Gasteiger partial charge on any atom is 0.436 e. The first-order chi connectivity index (χ1) is 41.0. The van der Waals surface area contributed by atoms with Gasteiger partial charge in [0.05, 0.1) is 46.9 Å². The van der Waals surface area contributed by atoms with Crippen LogP contribution in [0.5, 0.6) is 0 Å². The number of alkyl halides is 3. The SMILES string of the molecule is C=CCCC(C)(C)Cc1c(-c2cc(N3CCN(C4CC4)CC3)cnc2C(C)C)n(C(C)(O)C(F)(F)F)c2ccc(-c3cccc(CC(NC(=C)C(C4CCCC4)N(C)CCC4(C)CCN(C(=C)C5C(C6CC6)N5C)C4)C(=C)N4CCCCN4)c3)cc12. The number of hydrogen-bond acceptors (Lipinski definition) is 10. The molecule has 7 fully saturated rings. The first-order valence-corrected chi connectivity index (χ1v) is 33.1. The van der Waals surface area contributed by atoms with Crippen LogP contribution in [0.2, 0.25) is 0 Å². The molecule has 2 aromatic carbocycles. The Hall–Kier alpha value is -5.12. The number of aliphatic hydroxyl groups is 1. The molecule has 4 saturated heterocycles. The number of likely N-dealkylation sites (N-methyl/N-ethyl adjacent to an activating group) is 2. The smallest absolute Gasteiger partial charge is 0.379 e. The minimum atomic E-state index is -5.01. The summed E-state index contributed by atoms with van der Waals surface area (Å²) in [6.07, 6.45) is 16.1. The maximum atomic E-state index is 15.8. The molecule has 0 radical (unpaired) electrons. The van der Waals surface area contributed by atoms with Crippen LogP contribution >= 0.6 is 0 Å². The fraction of sp³-hybridized carbons (Fsp3) is 0.625. The van der Waals surface area contributed by atoms with Gasteiger partial charge in [0, 0.05) is 92.5 Å². The van der Waals surface area contributed by atoms with E-state index >= 15 is 13.2 Å². The monoisotopic (exact) mass is 1180 g/mol. The summed E-state index contributed by atoms with van der Waals surface area (Å²) < 4.78 is 48.5. The normalized spacial score (nSPS) is 24.9. The summed E-state index contributed by atoms with van der Waals surface area (Å²) in [7, 11) is 4.61. The van der Waals surface area contributed by atoms with Crippen LogP contribution < -0.4 is 15.6 Å². The summed E-state index contributed by atoms with van der Waals surface area (Å²) in [6, 6.07) is 18.4. The average molecular weight is 1180 g/mol. The molecule has 3 N–H and O–H groups in total. The van der Waals surface area contributed by atoms with Crippen molar-refractivity contribution in [3.8, 4) is 22.4 Å². The zero-order chi connectivity index (χ0) is 61.0. The molecule has 11 nitrogen and oxygen atoms in total. The van der Waals surface area contributed by atoms with E-state index in [1.165, 1.54) is 68.1 Å². The molecule has 14 heteroatoms. The molecule has 0 amide bonds. The van der Waals surface area contributed by atoms with E-state index in [4.69, 9.17) is 18.1 Å². The number of likely N-dealkylation sites (tertiary alicyclic amines) is 1. The molecule has 11 rings (SSSR count). The summed E-state index contributed by atoms with van der Waals surface area (Å²) in [5.74, 6) is 1.26. The fourth-order valence-electron chi connectivity index (χ4n) is 15.8. The summed E-state index contributed by atoms with van der Waals surface area (Å²) in [6.45, 7) is 38.7. The zero-order valence-corrected chi connectivity index (χ0v) is 53.6. The van der Waals surface area contributed by atoms with Crippen molar-refractivity contribution < 1.29 is 18.3 Å². The van der Waals surface area contributed by atoms with Crippen LogP contribution in [0.15, 0.2) is 104 Å². The Bertz CT molecular complexity index is 3100. The molecule has 3 saturated carbocycles.